The number of rotatable bonds is 5. The molecule has 0 saturated carbocycles. The van der Waals surface area contributed by atoms with Crippen LogP contribution in [0.3, 0.4) is 0 Å². The number of nitrogens with zero attached hydrogens (tertiary/aromatic N) is 2. The number of carbonyl (C=O) groups is 3. The van der Waals surface area contributed by atoms with Crippen molar-refractivity contribution < 1.29 is 27.6 Å². The summed E-state index contributed by atoms with van der Waals surface area (Å²) in [6, 6.07) is 12.2. The van der Waals surface area contributed by atoms with Crippen LogP contribution < -0.4 is 15.5 Å². The fraction of sp³-hybridized carbons (Fsp3) is 0.348. The van der Waals surface area contributed by atoms with Crippen molar-refractivity contribution in [3.63, 3.8) is 0 Å². The predicted octanol–water partition coefficient (Wildman–Crippen LogP) is 3.63. The van der Waals surface area contributed by atoms with E-state index in [0.29, 0.717) is 5.69 Å². The van der Waals surface area contributed by atoms with E-state index < -0.39 is 41.7 Å². The number of anilines is 2. The van der Waals surface area contributed by atoms with E-state index in [0.717, 1.165) is 43.8 Å². The third-order valence-electron chi connectivity index (χ3n) is 5.91. The van der Waals surface area contributed by atoms with Crippen molar-refractivity contribution in [3.8, 4) is 0 Å². The molecule has 1 unspecified atom stereocenters. The number of urea groups is 1. The van der Waals surface area contributed by atoms with E-state index >= 15 is 0 Å². The lowest BCUT2D eigenvalue weighted by Gasteiger charge is -2.29. The molecule has 0 radical (unpaired) electrons. The van der Waals surface area contributed by atoms with E-state index in [2.05, 4.69) is 10.2 Å². The van der Waals surface area contributed by atoms with Crippen LogP contribution in [0.1, 0.15) is 24.8 Å². The number of amides is 4. The molecule has 0 spiro atoms. The average Bonchev–Trinajstić information content (AvgIpc) is 3.06. The number of imide groups is 1. The van der Waals surface area contributed by atoms with E-state index in [1.807, 2.05) is 12.1 Å². The van der Waals surface area contributed by atoms with Crippen LogP contribution in [-0.4, -0.2) is 48.6 Å². The Morgan fingerprint density at radius 3 is 2.21 bits per heavy atom. The van der Waals surface area contributed by atoms with Gasteiger partial charge in [0.15, 0.2) is 0 Å². The SMILES string of the molecule is O=C(CN1C(=O)NC(c2ccccc2)(C(F)(F)F)C1=O)Nc1ccc(N2CCCCC2)cc1. The topological polar surface area (TPSA) is 81.8 Å². The molecule has 2 aliphatic rings. The maximum absolute atomic E-state index is 14.0. The zero-order valence-electron chi connectivity index (χ0n) is 17.7. The summed E-state index contributed by atoms with van der Waals surface area (Å²) in [7, 11) is 0. The van der Waals surface area contributed by atoms with E-state index in [4.69, 9.17) is 0 Å². The number of hydrogen-bond acceptors (Lipinski definition) is 4. The van der Waals surface area contributed by atoms with Crippen LogP contribution >= 0.6 is 0 Å². The van der Waals surface area contributed by atoms with Gasteiger partial charge in [0.25, 0.3) is 5.91 Å². The fourth-order valence-electron chi connectivity index (χ4n) is 4.21. The van der Waals surface area contributed by atoms with Gasteiger partial charge in [-0.1, -0.05) is 30.3 Å². The lowest BCUT2D eigenvalue weighted by Crippen LogP contribution is -2.55. The Hall–Kier alpha value is -3.56. The summed E-state index contributed by atoms with van der Waals surface area (Å²) in [5.41, 5.74) is -2.23. The van der Waals surface area contributed by atoms with Crippen molar-refractivity contribution in [3.05, 3.63) is 60.2 Å². The number of benzene rings is 2. The molecule has 33 heavy (non-hydrogen) atoms. The highest BCUT2D eigenvalue weighted by Crippen LogP contribution is 2.43. The van der Waals surface area contributed by atoms with Crippen LogP contribution in [0, 0.1) is 0 Å². The molecule has 2 saturated heterocycles. The van der Waals surface area contributed by atoms with Gasteiger partial charge in [-0.05, 0) is 49.1 Å². The second-order valence-corrected chi connectivity index (χ2v) is 8.08. The van der Waals surface area contributed by atoms with Gasteiger partial charge in [-0.25, -0.2) is 4.79 Å². The van der Waals surface area contributed by atoms with Crippen molar-refractivity contribution >= 4 is 29.2 Å². The van der Waals surface area contributed by atoms with Crippen molar-refractivity contribution in [2.24, 2.45) is 0 Å². The molecular formula is C23H23F3N4O3. The lowest BCUT2D eigenvalue weighted by molar-refractivity contribution is -0.198. The molecule has 1 atom stereocenters. The minimum atomic E-state index is -5.10. The minimum Gasteiger partial charge on any atom is -0.372 e. The molecule has 7 nitrogen and oxygen atoms in total. The smallest absolute Gasteiger partial charge is 0.372 e. The number of hydrogen-bond donors (Lipinski definition) is 2. The summed E-state index contributed by atoms with van der Waals surface area (Å²) in [5.74, 6) is -2.32. The average molecular weight is 460 g/mol. The third-order valence-corrected chi connectivity index (χ3v) is 5.91. The Bertz CT molecular complexity index is 1040. The Morgan fingerprint density at radius 1 is 0.970 bits per heavy atom. The highest BCUT2D eigenvalue weighted by Gasteiger charge is 2.68. The van der Waals surface area contributed by atoms with Crippen LogP contribution in [0.25, 0.3) is 0 Å². The van der Waals surface area contributed by atoms with E-state index in [1.165, 1.54) is 24.6 Å². The van der Waals surface area contributed by atoms with Crippen molar-refractivity contribution in [2.45, 2.75) is 31.0 Å². The number of carbonyl (C=O) groups excluding carboxylic acids is 3. The Kier molecular flexibility index (Phi) is 6.01. The summed E-state index contributed by atoms with van der Waals surface area (Å²) in [6.45, 7) is 1.07. The summed E-state index contributed by atoms with van der Waals surface area (Å²) in [4.78, 5) is 40.2. The summed E-state index contributed by atoms with van der Waals surface area (Å²) >= 11 is 0. The molecule has 174 valence electrons. The highest BCUT2D eigenvalue weighted by molar-refractivity contribution is 6.11. The molecule has 2 fully saturated rings. The summed E-state index contributed by atoms with van der Waals surface area (Å²) in [5, 5.41) is 4.30. The molecule has 0 aromatic heterocycles. The zero-order chi connectivity index (χ0) is 23.6. The Labute approximate surface area is 188 Å². The van der Waals surface area contributed by atoms with Crippen LogP contribution in [0.5, 0.6) is 0 Å². The van der Waals surface area contributed by atoms with Gasteiger partial charge in [0.05, 0.1) is 0 Å². The molecule has 0 aliphatic carbocycles. The van der Waals surface area contributed by atoms with E-state index in [9.17, 15) is 27.6 Å². The van der Waals surface area contributed by atoms with Gasteiger partial charge in [-0.15, -0.1) is 0 Å². The van der Waals surface area contributed by atoms with Gasteiger partial charge in [-0.3, -0.25) is 14.5 Å². The number of nitrogens with one attached hydrogen (secondary N) is 2. The molecule has 2 N–H and O–H groups in total. The third kappa shape index (κ3) is 4.24. The van der Waals surface area contributed by atoms with Gasteiger partial charge in [0, 0.05) is 24.5 Å². The first-order chi connectivity index (χ1) is 15.7. The van der Waals surface area contributed by atoms with E-state index in [1.54, 1.807) is 17.4 Å². The first-order valence-electron chi connectivity index (χ1n) is 10.6. The normalized spacial score (nSPS) is 21.2. The quantitative estimate of drug-likeness (QED) is 0.668. The molecule has 0 bridgehead atoms. The van der Waals surface area contributed by atoms with Crippen molar-refractivity contribution in [1.29, 1.82) is 0 Å². The van der Waals surface area contributed by atoms with E-state index in [-0.39, 0.29) is 4.90 Å². The lowest BCUT2D eigenvalue weighted by atomic mass is 9.89. The molecule has 4 amide bonds. The van der Waals surface area contributed by atoms with Crippen molar-refractivity contribution in [2.75, 3.05) is 29.9 Å². The maximum atomic E-state index is 14.0. The summed E-state index contributed by atoms with van der Waals surface area (Å²) in [6.07, 6.45) is -1.66. The van der Waals surface area contributed by atoms with Crippen LogP contribution in [-0.2, 0) is 15.1 Å². The van der Waals surface area contributed by atoms with Gasteiger partial charge in [0.2, 0.25) is 11.4 Å². The molecular weight excluding hydrogens is 437 g/mol. The van der Waals surface area contributed by atoms with Crippen LogP contribution in [0.2, 0.25) is 0 Å². The second kappa shape index (κ2) is 8.76. The fourth-order valence-corrected chi connectivity index (χ4v) is 4.21. The monoisotopic (exact) mass is 460 g/mol. The first kappa shape index (κ1) is 22.6. The van der Waals surface area contributed by atoms with Gasteiger partial charge < -0.3 is 15.5 Å². The molecule has 2 aliphatic heterocycles. The molecule has 10 heteroatoms. The standard InChI is InChI=1S/C23H23F3N4O3/c24-23(25,26)22(16-7-3-1-4-8-16)20(32)30(21(33)28-22)15-19(31)27-17-9-11-18(12-10-17)29-13-5-2-6-14-29/h1,3-4,7-12H,2,5-6,13-15H2,(H,27,31)(H,28,33). The molecule has 2 aromatic carbocycles. The Balaban J connectivity index is 1.47. The maximum Gasteiger partial charge on any atom is 0.425 e. The van der Waals surface area contributed by atoms with Gasteiger partial charge >= 0.3 is 12.2 Å². The van der Waals surface area contributed by atoms with Gasteiger partial charge in [0.1, 0.15) is 6.54 Å². The number of halogens is 3. The zero-order valence-corrected chi connectivity index (χ0v) is 17.7. The van der Waals surface area contributed by atoms with Crippen LogP contribution in [0.15, 0.2) is 54.6 Å². The first-order valence-corrected chi connectivity index (χ1v) is 10.6. The van der Waals surface area contributed by atoms with Crippen LogP contribution in [0.4, 0.5) is 29.3 Å². The number of piperidine rings is 1. The Morgan fingerprint density at radius 2 is 1.61 bits per heavy atom. The number of alkyl halides is 3. The van der Waals surface area contributed by atoms with Gasteiger partial charge in [-0.2, -0.15) is 13.2 Å². The minimum absolute atomic E-state index is 0.290. The second-order valence-electron chi connectivity index (χ2n) is 8.08. The summed E-state index contributed by atoms with van der Waals surface area (Å²) < 4.78 is 42.0. The molecule has 2 heterocycles. The predicted molar refractivity (Wildman–Crippen MR) is 116 cm³/mol. The largest absolute Gasteiger partial charge is 0.425 e. The molecule has 2 aromatic rings. The highest BCUT2D eigenvalue weighted by atomic mass is 19.4. The van der Waals surface area contributed by atoms with Crippen molar-refractivity contribution in [1.82, 2.24) is 10.2 Å². The molecule has 4 rings (SSSR count).